The fourth-order valence-corrected chi connectivity index (χ4v) is 3.49. The molecule has 1 aliphatic rings. The van der Waals surface area contributed by atoms with Gasteiger partial charge in [-0.2, -0.15) is 12.6 Å². The third kappa shape index (κ3) is 4.02. The van der Waals surface area contributed by atoms with E-state index in [9.17, 15) is 4.79 Å². The lowest BCUT2D eigenvalue weighted by Gasteiger charge is -2.35. The predicted octanol–water partition coefficient (Wildman–Crippen LogP) is 3.56. The van der Waals surface area contributed by atoms with Gasteiger partial charge in [-0.3, -0.25) is 4.79 Å². The molecular weight excluding hydrogens is 266 g/mol. The van der Waals surface area contributed by atoms with Gasteiger partial charge in [0.25, 0.3) is 0 Å². The van der Waals surface area contributed by atoms with Crippen LogP contribution in [-0.4, -0.2) is 29.1 Å². The molecule has 3 unspecified atom stereocenters. The van der Waals surface area contributed by atoms with Gasteiger partial charge in [0.2, 0.25) is 5.91 Å². The zero-order valence-electron chi connectivity index (χ0n) is 12.5. The van der Waals surface area contributed by atoms with Crippen molar-refractivity contribution in [3.8, 4) is 0 Å². The molecule has 0 N–H and O–H groups in total. The Hall–Kier alpha value is -0.960. The fourth-order valence-electron chi connectivity index (χ4n) is 3.09. The third-order valence-corrected chi connectivity index (χ3v) is 4.76. The number of carbonyl (C=O) groups is 1. The summed E-state index contributed by atoms with van der Waals surface area (Å²) in [5.41, 5.74) is 1.17. The molecule has 2 rings (SSSR count). The van der Waals surface area contributed by atoms with Crippen LogP contribution in [0.4, 0.5) is 0 Å². The lowest BCUT2D eigenvalue weighted by molar-refractivity contribution is -0.132. The van der Waals surface area contributed by atoms with Crippen molar-refractivity contribution in [3.05, 3.63) is 35.9 Å². The molecule has 110 valence electrons. The van der Waals surface area contributed by atoms with Gasteiger partial charge in [-0.25, -0.2) is 0 Å². The largest absolute Gasteiger partial charge is 0.342 e. The van der Waals surface area contributed by atoms with E-state index < -0.39 is 0 Å². The van der Waals surface area contributed by atoms with Crippen molar-refractivity contribution >= 4 is 18.5 Å². The number of nitrogens with zero attached hydrogens (tertiary/aromatic N) is 1. The van der Waals surface area contributed by atoms with Crippen LogP contribution in [0.3, 0.4) is 0 Å². The van der Waals surface area contributed by atoms with Crippen LogP contribution in [0.5, 0.6) is 0 Å². The minimum atomic E-state index is -0.236. The van der Waals surface area contributed by atoms with Crippen molar-refractivity contribution in [2.24, 2.45) is 5.92 Å². The van der Waals surface area contributed by atoms with Gasteiger partial charge in [0.15, 0.2) is 0 Å². The summed E-state index contributed by atoms with van der Waals surface area (Å²) < 4.78 is 0. The Morgan fingerprint density at radius 3 is 2.70 bits per heavy atom. The molecule has 3 atom stereocenters. The summed E-state index contributed by atoms with van der Waals surface area (Å²) in [5, 5.41) is -0.236. The lowest BCUT2D eigenvalue weighted by Crippen LogP contribution is -2.43. The van der Waals surface area contributed by atoms with Gasteiger partial charge in [-0.05, 0) is 30.7 Å². The summed E-state index contributed by atoms with van der Waals surface area (Å²) in [6.07, 6.45) is 5.51. The number of benzene rings is 1. The molecule has 1 aromatic carbocycles. The van der Waals surface area contributed by atoms with Gasteiger partial charge in [-0.1, -0.05) is 50.1 Å². The van der Waals surface area contributed by atoms with Crippen LogP contribution in [0.25, 0.3) is 0 Å². The molecule has 0 heterocycles. The Bertz CT molecular complexity index is 434. The van der Waals surface area contributed by atoms with Crippen molar-refractivity contribution in [2.75, 3.05) is 7.05 Å². The normalized spacial score (nSPS) is 24.1. The van der Waals surface area contributed by atoms with Gasteiger partial charge in [0.05, 0.1) is 5.25 Å². The van der Waals surface area contributed by atoms with Gasteiger partial charge >= 0.3 is 0 Å². The maximum atomic E-state index is 12.5. The quantitative estimate of drug-likeness (QED) is 0.841. The highest BCUT2D eigenvalue weighted by molar-refractivity contribution is 7.81. The first-order valence-electron chi connectivity index (χ1n) is 7.56. The van der Waals surface area contributed by atoms with E-state index in [1.165, 1.54) is 18.4 Å². The predicted molar refractivity (Wildman–Crippen MR) is 87.1 cm³/mol. The van der Waals surface area contributed by atoms with Crippen LogP contribution in [0.1, 0.15) is 38.2 Å². The maximum Gasteiger partial charge on any atom is 0.235 e. The van der Waals surface area contributed by atoms with E-state index in [-0.39, 0.29) is 11.2 Å². The van der Waals surface area contributed by atoms with Gasteiger partial charge in [0, 0.05) is 13.1 Å². The number of hydrogen-bond donors (Lipinski definition) is 1. The zero-order chi connectivity index (χ0) is 14.5. The summed E-state index contributed by atoms with van der Waals surface area (Å²) in [7, 11) is 1.94. The first-order valence-corrected chi connectivity index (χ1v) is 8.08. The molecule has 0 aromatic heterocycles. The second-order valence-electron chi connectivity index (χ2n) is 6.08. The summed E-state index contributed by atoms with van der Waals surface area (Å²) in [5.74, 6) is 0.896. The lowest BCUT2D eigenvalue weighted by atomic mass is 9.86. The second kappa shape index (κ2) is 7.16. The Balaban J connectivity index is 1.92. The Morgan fingerprint density at radius 2 is 2.05 bits per heavy atom. The van der Waals surface area contributed by atoms with E-state index in [1.807, 2.05) is 30.1 Å². The van der Waals surface area contributed by atoms with Crippen LogP contribution in [0, 0.1) is 5.92 Å². The minimum absolute atomic E-state index is 0.163. The van der Waals surface area contributed by atoms with E-state index in [0.29, 0.717) is 12.5 Å². The van der Waals surface area contributed by atoms with E-state index in [1.54, 1.807) is 0 Å². The summed E-state index contributed by atoms with van der Waals surface area (Å²) in [6.45, 7) is 2.28. The molecule has 1 aliphatic carbocycles. The average molecular weight is 291 g/mol. The Labute approximate surface area is 128 Å². The van der Waals surface area contributed by atoms with Crippen molar-refractivity contribution in [3.63, 3.8) is 0 Å². The summed E-state index contributed by atoms with van der Waals surface area (Å²) in [4.78, 5) is 14.4. The average Bonchev–Trinajstić information content (AvgIpc) is 2.46. The van der Waals surface area contributed by atoms with E-state index in [4.69, 9.17) is 0 Å². The molecule has 1 saturated carbocycles. The highest BCUT2D eigenvalue weighted by Gasteiger charge is 2.28. The number of hydrogen-bond acceptors (Lipinski definition) is 2. The molecule has 1 fully saturated rings. The molecule has 0 spiro atoms. The monoisotopic (exact) mass is 291 g/mol. The fraction of sp³-hybridized carbons (Fsp3) is 0.588. The topological polar surface area (TPSA) is 20.3 Å². The van der Waals surface area contributed by atoms with Gasteiger partial charge < -0.3 is 4.90 Å². The van der Waals surface area contributed by atoms with Crippen molar-refractivity contribution in [1.29, 1.82) is 0 Å². The third-order valence-electron chi connectivity index (χ3n) is 4.36. The summed E-state index contributed by atoms with van der Waals surface area (Å²) >= 11 is 4.53. The maximum absolute atomic E-state index is 12.5. The number of carbonyl (C=O) groups excluding carboxylic acids is 1. The molecule has 3 heteroatoms. The number of rotatable bonds is 4. The van der Waals surface area contributed by atoms with E-state index >= 15 is 0 Å². The highest BCUT2D eigenvalue weighted by Crippen LogP contribution is 2.27. The molecule has 1 aromatic rings. The molecule has 1 amide bonds. The Kier molecular flexibility index (Phi) is 5.53. The number of amides is 1. The van der Waals surface area contributed by atoms with E-state index in [2.05, 4.69) is 31.7 Å². The first kappa shape index (κ1) is 15.4. The molecule has 0 radical (unpaired) electrons. The standard InChI is InChI=1S/C17H25NOS/c1-13-7-6-10-15(11-13)18(2)17(19)16(20)12-14-8-4-3-5-9-14/h3-5,8-9,13,15-16,20H,6-7,10-12H2,1-2H3. The van der Waals surface area contributed by atoms with Crippen molar-refractivity contribution in [1.82, 2.24) is 4.90 Å². The van der Waals surface area contributed by atoms with Crippen LogP contribution in [-0.2, 0) is 11.2 Å². The van der Waals surface area contributed by atoms with Crippen LogP contribution in [0.2, 0.25) is 0 Å². The van der Waals surface area contributed by atoms with Crippen LogP contribution >= 0.6 is 12.6 Å². The molecule has 0 saturated heterocycles. The smallest absolute Gasteiger partial charge is 0.235 e. The van der Waals surface area contributed by atoms with Gasteiger partial charge in [0.1, 0.15) is 0 Å². The van der Waals surface area contributed by atoms with Crippen LogP contribution < -0.4 is 0 Å². The molecule has 0 bridgehead atoms. The molecular formula is C17H25NOS. The number of thiol groups is 1. The summed E-state index contributed by atoms with van der Waals surface area (Å²) in [6, 6.07) is 10.5. The Morgan fingerprint density at radius 1 is 1.35 bits per heavy atom. The van der Waals surface area contributed by atoms with E-state index in [0.717, 1.165) is 18.8 Å². The van der Waals surface area contributed by atoms with Crippen molar-refractivity contribution < 1.29 is 4.79 Å². The zero-order valence-corrected chi connectivity index (χ0v) is 13.4. The molecule has 2 nitrogen and oxygen atoms in total. The molecule has 20 heavy (non-hydrogen) atoms. The highest BCUT2D eigenvalue weighted by atomic mass is 32.1. The minimum Gasteiger partial charge on any atom is -0.342 e. The SMILES string of the molecule is CC1CCCC(N(C)C(=O)C(S)Cc2ccccc2)C1. The van der Waals surface area contributed by atoms with Gasteiger partial charge in [-0.15, -0.1) is 0 Å². The first-order chi connectivity index (χ1) is 9.58. The second-order valence-corrected chi connectivity index (χ2v) is 6.70. The molecule has 0 aliphatic heterocycles. The van der Waals surface area contributed by atoms with Crippen molar-refractivity contribution in [2.45, 2.75) is 50.3 Å². The van der Waals surface area contributed by atoms with Crippen LogP contribution in [0.15, 0.2) is 30.3 Å².